The lowest BCUT2D eigenvalue weighted by molar-refractivity contribution is -0.138. The van der Waals surface area contributed by atoms with Crippen LogP contribution in [0.3, 0.4) is 0 Å². The Balaban J connectivity index is 3.84. The molecule has 0 aromatic heterocycles. The molecule has 0 saturated carbocycles. The first-order valence-electron chi connectivity index (χ1n) is 9.03. The van der Waals surface area contributed by atoms with Crippen molar-refractivity contribution in [3.63, 3.8) is 0 Å². The van der Waals surface area contributed by atoms with E-state index in [2.05, 4.69) is 20.4 Å². The SMILES string of the molecule is C=CC(=O)OCCC(CCCCCC)CCCCCCC. The van der Waals surface area contributed by atoms with E-state index in [0.29, 0.717) is 6.61 Å². The largest absolute Gasteiger partial charge is 0.463 e. The molecule has 0 spiro atoms. The highest BCUT2D eigenvalue weighted by Gasteiger charge is 2.09. The maximum absolute atomic E-state index is 11.1. The van der Waals surface area contributed by atoms with Crippen molar-refractivity contribution in [2.24, 2.45) is 5.92 Å². The van der Waals surface area contributed by atoms with E-state index < -0.39 is 0 Å². The molecule has 0 saturated heterocycles. The van der Waals surface area contributed by atoms with Gasteiger partial charge in [-0.2, -0.15) is 0 Å². The molecule has 0 amide bonds. The van der Waals surface area contributed by atoms with E-state index in [-0.39, 0.29) is 5.97 Å². The lowest BCUT2D eigenvalue weighted by Gasteiger charge is -2.16. The number of rotatable bonds is 15. The Morgan fingerprint density at radius 3 is 1.95 bits per heavy atom. The van der Waals surface area contributed by atoms with Gasteiger partial charge in [0.2, 0.25) is 0 Å². The molecule has 0 aromatic carbocycles. The predicted molar refractivity (Wildman–Crippen MR) is 91.4 cm³/mol. The Bertz CT molecular complexity index is 248. The number of ether oxygens (including phenoxy) is 1. The van der Waals surface area contributed by atoms with Crippen molar-refractivity contribution in [1.29, 1.82) is 0 Å². The van der Waals surface area contributed by atoms with Crippen molar-refractivity contribution in [1.82, 2.24) is 0 Å². The van der Waals surface area contributed by atoms with E-state index in [1.54, 1.807) is 0 Å². The molecule has 0 N–H and O–H groups in total. The molecule has 0 aliphatic heterocycles. The van der Waals surface area contributed by atoms with Gasteiger partial charge < -0.3 is 4.74 Å². The van der Waals surface area contributed by atoms with E-state index in [1.807, 2.05) is 0 Å². The first kappa shape index (κ1) is 20.2. The zero-order valence-corrected chi connectivity index (χ0v) is 14.4. The van der Waals surface area contributed by atoms with Gasteiger partial charge in [0, 0.05) is 6.08 Å². The van der Waals surface area contributed by atoms with Gasteiger partial charge in [-0.15, -0.1) is 0 Å². The zero-order valence-electron chi connectivity index (χ0n) is 14.4. The average Bonchev–Trinajstić information content (AvgIpc) is 2.50. The fourth-order valence-corrected chi connectivity index (χ4v) is 2.71. The summed E-state index contributed by atoms with van der Waals surface area (Å²) in [5.41, 5.74) is 0. The number of hydrogen-bond acceptors (Lipinski definition) is 2. The van der Waals surface area contributed by atoms with Crippen LogP contribution in [0.4, 0.5) is 0 Å². The van der Waals surface area contributed by atoms with E-state index in [1.165, 1.54) is 76.7 Å². The Hall–Kier alpha value is -0.790. The quantitative estimate of drug-likeness (QED) is 0.209. The topological polar surface area (TPSA) is 26.3 Å². The Kier molecular flexibility index (Phi) is 15.0. The summed E-state index contributed by atoms with van der Waals surface area (Å²) in [7, 11) is 0. The Morgan fingerprint density at radius 1 is 0.905 bits per heavy atom. The molecule has 0 aromatic rings. The van der Waals surface area contributed by atoms with Gasteiger partial charge in [0.25, 0.3) is 0 Å². The van der Waals surface area contributed by atoms with Gasteiger partial charge in [-0.05, 0) is 12.3 Å². The maximum atomic E-state index is 11.1. The lowest BCUT2D eigenvalue weighted by Crippen LogP contribution is -2.09. The fourth-order valence-electron chi connectivity index (χ4n) is 2.71. The summed E-state index contributed by atoms with van der Waals surface area (Å²) in [6.07, 6.45) is 16.9. The second-order valence-electron chi connectivity index (χ2n) is 6.08. The van der Waals surface area contributed by atoms with Gasteiger partial charge in [0.15, 0.2) is 0 Å². The highest BCUT2D eigenvalue weighted by atomic mass is 16.5. The minimum absolute atomic E-state index is 0.289. The first-order valence-corrected chi connectivity index (χ1v) is 9.03. The van der Waals surface area contributed by atoms with Crippen LogP contribution >= 0.6 is 0 Å². The zero-order chi connectivity index (χ0) is 15.8. The standard InChI is InChI=1S/C19H36O2/c1-4-7-9-11-13-15-18(14-12-10-8-5-2)16-17-21-19(20)6-3/h6,18H,3-5,7-17H2,1-2H3. The number of carbonyl (C=O) groups excluding carboxylic acids is 1. The molecule has 124 valence electrons. The molecule has 0 heterocycles. The van der Waals surface area contributed by atoms with Crippen molar-refractivity contribution in [3.8, 4) is 0 Å². The molecule has 1 unspecified atom stereocenters. The van der Waals surface area contributed by atoms with Gasteiger partial charge >= 0.3 is 5.97 Å². The smallest absolute Gasteiger partial charge is 0.330 e. The minimum atomic E-state index is -0.289. The van der Waals surface area contributed by atoms with Crippen LogP contribution in [0.25, 0.3) is 0 Å². The van der Waals surface area contributed by atoms with Crippen molar-refractivity contribution in [2.75, 3.05) is 6.61 Å². The van der Waals surface area contributed by atoms with Gasteiger partial charge in [-0.25, -0.2) is 4.79 Å². The Morgan fingerprint density at radius 2 is 1.43 bits per heavy atom. The fraction of sp³-hybridized carbons (Fsp3) is 0.842. The van der Waals surface area contributed by atoms with Crippen LogP contribution in [0.1, 0.15) is 90.9 Å². The van der Waals surface area contributed by atoms with Crippen LogP contribution in [0.2, 0.25) is 0 Å². The molecule has 1 atom stereocenters. The molecule has 0 radical (unpaired) electrons. The summed E-state index contributed by atoms with van der Waals surface area (Å²) in [4.78, 5) is 11.1. The van der Waals surface area contributed by atoms with Crippen LogP contribution in [-0.4, -0.2) is 12.6 Å². The van der Waals surface area contributed by atoms with Crippen molar-refractivity contribution < 1.29 is 9.53 Å². The minimum Gasteiger partial charge on any atom is -0.463 e. The number of carbonyl (C=O) groups is 1. The number of esters is 1. The van der Waals surface area contributed by atoms with Crippen LogP contribution in [0.15, 0.2) is 12.7 Å². The van der Waals surface area contributed by atoms with Crippen molar-refractivity contribution in [2.45, 2.75) is 90.9 Å². The van der Waals surface area contributed by atoms with Crippen molar-refractivity contribution in [3.05, 3.63) is 12.7 Å². The molecule has 0 rings (SSSR count). The van der Waals surface area contributed by atoms with Crippen LogP contribution in [0.5, 0.6) is 0 Å². The number of unbranched alkanes of at least 4 members (excludes halogenated alkanes) is 7. The summed E-state index contributed by atoms with van der Waals surface area (Å²) in [6, 6.07) is 0. The van der Waals surface area contributed by atoms with Crippen LogP contribution in [0, 0.1) is 5.92 Å². The van der Waals surface area contributed by atoms with Crippen molar-refractivity contribution >= 4 is 5.97 Å². The van der Waals surface area contributed by atoms with E-state index in [4.69, 9.17) is 4.74 Å². The highest BCUT2D eigenvalue weighted by molar-refractivity contribution is 5.81. The second-order valence-corrected chi connectivity index (χ2v) is 6.08. The third kappa shape index (κ3) is 13.9. The van der Waals surface area contributed by atoms with Gasteiger partial charge in [0.05, 0.1) is 6.61 Å². The molecule has 2 heteroatoms. The molecule has 0 aliphatic rings. The van der Waals surface area contributed by atoms with Gasteiger partial charge in [0.1, 0.15) is 0 Å². The molecule has 0 fully saturated rings. The predicted octanol–water partition coefficient (Wildman–Crippen LogP) is 6.05. The summed E-state index contributed by atoms with van der Waals surface area (Å²) < 4.78 is 5.14. The summed E-state index contributed by atoms with van der Waals surface area (Å²) in [5.74, 6) is 0.434. The van der Waals surface area contributed by atoms with Gasteiger partial charge in [-0.3, -0.25) is 0 Å². The lowest BCUT2D eigenvalue weighted by atomic mass is 9.92. The molecular formula is C19H36O2. The van der Waals surface area contributed by atoms with Gasteiger partial charge in [-0.1, -0.05) is 91.1 Å². The van der Waals surface area contributed by atoms with Crippen LogP contribution < -0.4 is 0 Å². The normalized spacial score (nSPS) is 12.1. The van der Waals surface area contributed by atoms with E-state index in [9.17, 15) is 4.79 Å². The van der Waals surface area contributed by atoms with E-state index >= 15 is 0 Å². The van der Waals surface area contributed by atoms with Crippen LogP contribution in [-0.2, 0) is 9.53 Å². The third-order valence-electron chi connectivity index (χ3n) is 4.12. The first-order chi connectivity index (χ1) is 10.2. The summed E-state index contributed by atoms with van der Waals surface area (Å²) in [5, 5.41) is 0. The molecular weight excluding hydrogens is 260 g/mol. The maximum Gasteiger partial charge on any atom is 0.330 e. The second kappa shape index (κ2) is 15.6. The van der Waals surface area contributed by atoms with E-state index in [0.717, 1.165) is 12.3 Å². The Labute approximate surface area is 132 Å². The monoisotopic (exact) mass is 296 g/mol. The average molecular weight is 296 g/mol. The molecule has 0 bridgehead atoms. The molecule has 2 nitrogen and oxygen atoms in total. The number of hydrogen-bond donors (Lipinski definition) is 0. The summed E-state index contributed by atoms with van der Waals surface area (Å²) in [6.45, 7) is 8.49. The molecule has 21 heavy (non-hydrogen) atoms. The highest BCUT2D eigenvalue weighted by Crippen LogP contribution is 2.21. The molecule has 0 aliphatic carbocycles. The third-order valence-corrected chi connectivity index (χ3v) is 4.12. The summed E-state index contributed by atoms with van der Waals surface area (Å²) >= 11 is 0.